The van der Waals surface area contributed by atoms with Crippen LogP contribution in [0.15, 0.2) is 205 Å². The summed E-state index contributed by atoms with van der Waals surface area (Å²) in [5.41, 5.74) is 9.94. The van der Waals surface area contributed by atoms with Gasteiger partial charge in [0.05, 0.1) is 11.1 Å². The van der Waals surface area contributed by atoms with E-state index in [0.717, 1.165) is 44.4 Å². The zero-order valence-corrected chi connectivity index (χ0v) is 31.6. The summed E-state index contributed by atoms with van der Waals surface area (Å²) in [6.45, 7) is 0. The van der Waals surface area contributed by atoms with Crippen LogP contribution in [0.4, 0.5) is 17.1 Å². The molecule has 0 unspecified atom stereocenters. The van der Waals surface area contributed by atoms with Crippen LogP contribution in [-0.2, 0) is 0 Å². The highest BCUT2D eigenvalue weighted by Gasteiger charge is 2.23. The van der Waals surface area contributed by atoms with Crippen molar-refractivity contribution >= 4 is 103 Å². The number of furan rings is 1. The van der Waals surface area contributed by atoms with E-state index in [2.05, 4.69) is 205 Å². The van der Waals surface area contributed by atoms with E-state index in [1.807, 2.05) is 11.3 Å². The highest BCUT2D eigenvalue weighted by molar-refractivity contribution is 7.25. The second-order valence-electron chi connectivity index (χ2n) is 14.8. The minimum atomic E-state index is 0.874. The van der Waals surface area contributed by atoms with Crippen molar-refractivity contribution in [3.05, 3.63) is 200 Å². The fourth-order valence-electron chi connectivity index (χ4n) is 9.13. The second kappa shape index (κ2) is 12.7. The monoisotopic (exact) mass is 743 g/mol. The van der Waals surface area contributed by atoms with E-state index in [0.29, 0.717) is 0 Å². The number of thiophene rings is 1. The van der Waals surface area contributed by atoms with Gasteiger partial charge in [-0.25, -0.2) is 0 Å². The molecule has 2 heterocycles. The highest BCUT2D eigenvalue weighted by atomic mass is 32.1. The van der Waals surface area contributed by atoms with Crippen LogP contribution in [0.5, 0.6) is 0 Å². The SMILES string of the molecule is c1ccc(-c2c(-c3ccc(N(c4ccc5c(c4)sc4ccccc45)c4cccc5oc6c7ccccc7ccc6c45)cc3)c3ccccc3c3ccccc23)cc1. The summed E-state index contributed by atoms with van der Waals surface area (Å²) in [5.74, 6) is 0. The maximum absolute atomic E-state index is 6.72. The zero-order chi connectivity index (χ0) is 37.5. The third kappa shape index (κ3) is 4.96. The Labute approximate surface area is 333 Å². The van der Waals surface area contributed by atoms with E-state index >= 15 is 0 Å². The lowest BCUT2D eigenvalue weighted by atomic mass is 9.85. The number of hydrogen-bond donors (Lipinski definition) is 0. The molecule has 12 aromatic rings. The lowest BCUT2D eigenvalue weighted by Crippen LogP contribution is -2.10. The van der Waals surface area contributed by atoms with Crippen molar-refractivity contribution in [1.82, 2.24) is 0 Å². The van der Waals surface area contributed by atoms with Crippen LogP contribution in [-0.4, -0.2) is 0 Å². The fourth-order valence-corrected chi connectivity index (χ4v) is 10.3. The number of fused-ring (bicyclic) bond motifs is 11. The van der Waals surface area contributed by atoms with Crippen molar-refractivity contribution < 1.29 is 4.42 Å². The number of benzene rings is 10. The summed E-state index contributed by atoms with van der Waals surface area (Å²) >= 11 is 1.85. The summed E-state index contributed by atoms with van der Waals surface area (Å²) < 4.78 is 9.28. The van der Waals surface area contributed by atoms with Crippen molar-refractivity contribution in [1.29, 1.82) is 0 Å². The number of hydrogen-bond acceptors (Lipinski definition) is 3. The van der Waals surface area contributed by atoms with E-state index in [-0.39, 0.29) is 0 Å². The van der Waals surface area contributed by atoms with Gasteiger partial charge in [0.15, 0.2) is 0 Å². The average molecular weight is 744 g/mol. The molecule has 0 aliphatic carbocycles. The van der Waals surface area contributed by atoms with Crippen LogP contribution in [0.25, 0.3) is 96.7 Å². The number of nitrogens with zero attached hydrogens (tertiary/aromatic N) is 1. The molecule has 0 amide bonds. The molecule has 0 spiro atoms. The third-order valence-corrected chi connectivity index (χ3v) is 12.8. The minimum Gasteiger partial charge on any atom is -0.455 e. The van der Waals surface area contributed by atoms with Crippen molar-refractivity contribution in [3.63, 3.8) is 0 Å². The van der Waals surface area contributed by atoms with Gasteiger partial charge in [0, 0.05) is 42.3 Å². The molecule has 0 saturated carbocycles. The Morgan fingerprint density at radius 1 is 0.368 bits per heavy atom. The van der Waals surface area contributed by atoms with Gasteiger partial charge in [-0.3, -0.25) is 0 Å². The summed E-state index contributed by atoms with van der Waals surface area (Å²) in [6, 6.07) is 72.7. The molecule has 10 aromatic carbocycles. The van der Waals surface area contributed by atoms with Gasteiger partial charge in [-0.15, -0.1) is 11.3 Å². The van der Waals surface area contributed by atoms with Crippen LogP contribution >= 0.6 is 11.3 Å². The highest BCUT2D eigenvalue weighted by Crippen LogP contribution is 2.48. The fraction of sp³-hybridized carbons (Fsp3) is 0. The molecule has 0 atom stereocenters. The molecular formula is C54H33NOS. The van der Waals surface area contributed by atoms with Gasteiger partial charge >= 0.3 is 0 Å². The average Bonchev–Trinajstić information content (AvgIpc) is 3.86. The lowest BCUT2D eigenvalue weighted by molar-refractivity contribution is 0.672. The van der Waals surface area contributed by atoms with Crippen molar-refractivity contribution in [2.75, 3.05) is 4.90 Å². The first-order valence-electron chi connectivity index (χ1n) is 19.4. The number of anilines is 3. The van der Waals surface area contributed by atoms with E-state index in [4.69, 9.17) is 4.42 Å². The van der Waals surface area contributed by atoms with Gasteiger partial charge in [-0.1, -0.05) is 152 Å². The maximum Gasteiger partial charge on any atom is 0.143 e. The Kier molecular flexibility index (Phi) is 7.13. The quantitative estimate of drug-likeness (QED) is 0.163. The first kappa shape index (κ1) is 32.1. The Bertz CT molecular complexity index is 3520. The van der Waals surface area contributed by atoms with Crippen LogP contribution in [0.1, 0.15) is 0 Å². The Morgan fingerprint density at radius 3 is 1.70 bits per heavy atom. The Balaban J connectivity index is 1.11. The molecule has 266 valence electrons. The van der Waals surface area contributed by atoms with Gasteiger partial charge in [0.2, 0.25) is 0 Å². The van der Waals surface area contributed by atoms with Gasteiger partial charge in [-0.05, 0) is 97.7 Å². The van der Waals surface area contributed by atoms with Crippen molar-refractivity contribution in [2.45, 2.75) is 0 Å². The molecule has 0 fully saturated rings. The number of rotatable bonds is 5. The normalized spacial score (nSPS) is 11.9. The first-order valence-corrected chi connectivity index (χ1v) is 20.2. The van der Waals surface area contributed by atoms with Crippen LogP contribution in [0, 0.1) is 0 Å². The summed E-state index contributed by atoms with van der Waals surface area (Å²) in [7, 11) is 0. The molecule has 0 N–H and O–H groups in total. The van der Waals surface area contributed by atoms with Gasteiger partial charge in [-0.2, -0.15) is 0 Å². The van der Waals surface area contributed by atoms with E-state index < -0.39 is 0 Å². The molecule has 2 nitrogen and oxygen atoms in total. The van der Waals surface area contributed by atoms with Gasteiger partial charge < -0.3 is 9.32 Å². The van der Waals surface area contributed by atoms with Gasteiger partial charge in [0.1, 0.15) is 11.2 Å². The molecule has 0 saturated heterocycles. The molecule has 57 heavy (non-hydrogen) atoms. The molecular weight excluding hydrogens is 711 g/mol. The molecule has 0 radical (unpaired) electrons. The predicted octanol–water partition coefficient (Wildman–Crippen LogP) is 16.2. The van der Waals surface area contributed by atoms with E-state index in [9.17, 15) is 0 Å². The smallest absolute Gasteiger partial charge is 0.143 e. The topological polar surface area (TPSA) is 16.4 Å². The Hall–Kier alpha value is -7.20. The molecule has 3 heteroatoms. The first-order chi connectivity index (χ1) is 28.3. The molecule has 12 rings (SSSR count). The van der Waals surface area contributed by atoms with Gasteiger partial charge in [0.25, 0.3) is 0 Å². The third-order valence-electron chi connectivity index (χ3n) is 11.6. The largest absolute Gasteiger partial charge is 0.455 e. The maximum atomic E-state index is 6.72. The zero-order valence-electron chi connectivity index (χ0n) is 30.8. The molecule has 0 aliphatic heterocycles. The van der Waals surface area contributed by atoms with Crippen molar-refractivity contribution in [2.24, 2.45) is 0 Å². The Morgan fingerprint density at radius 2 is 0.947 bits per heavy atom. The molecule has 0 bridgehead atoms. The molecule has 0 aliphatic rings. The predicted molar refractivity (Wildman–Crippen MR) is 245 cm³/mol. The summed E-state index contributed by atoms with van der Waals surface area (Å²) in [5, 5.41) is 12.1. The van der Waals surface area contributed by atoms with Crippen molar-refractivity contribution in [3.8, 4) is 22.3 Å². The molecule has 2 aromatic heterocycles. The summed E-state index contributed by atoms with van der Waals surface area (Å²) in [6.07, 6.45) is 0. The van der Waals surface area contributed by atoms with Crippen LogP contribution in [0.3, 0.4) is 0 Å². The minimum absolute atomic E-state index is 0.874. The van der Waals surface area contributed by atoms with E-state index in [1.54, 1.807) is 0 Å². The standard InChI is InChI=1S/C54H33NOS/c1-2-14-35(15-3-1)51-44-20-8-6-17-40(44)41-18-7-9-21-45(41)52(51)36-25-28-37(29-26-36)55(38-30-32-43-42-19-10-11-24-49(42)57-50(43)33-38)47-22-12-23-48-53(47)46-31-27-34-13-4-5-16-39(34)54(46)56-48/h1-33H. The van der Waals surface area contributed by atoms with Crippen LogP contribution < -0.4 is 4.90 Å². The van der Waals surface area contributed by atoms with E-state index in [1.165, 1.54) is 69.4 Å². The van der Waals surface area contributed by atoms with Crippen LogP contribution in [0.2, 0.25) is 0 Å². The lowest BCUT2D eigenvalue weighted by Gasteiger charge is -2.27. The second-order valence-corrected chi connectivity index (χ2v) is 15.9. The summed E-state index contributed by atoms with van der Waals surface area (Å²) in [4.78, 5) is 2.41.